The molecule has 2 aromatic heterocycles. The van der Waals surface area contributed by atoms with Crippen molar-refractivity contribution in [2.45, 2.75) is 44.8 Å². The van der Waals surface area contributed by atoms with Gasteiger partial charge in [0.05, 0.1) is 13.7 Å². The van der Waals surface area contributed by atoms with E-state index in [1.807, 2.05) is 47.1 Å². The molecular formula is C25H28N6O2. The molecule has 0 saturated carbocycles. The van der Waals surface area contributed by atoms with Crippen molar-refractivity contribution in [3.05, 3.63) is 81.9 Å². The molecule has 170 valence electrons. The molecule has 0 bridgehead atoms. The Balaban J connectivity index is 1.65. The largest absolute Gasteiger partial charge is 0.497 e. The number of nitrogens with zero attached hydrogens (tertiary/aromatic N) is 5. The minimum Gasteiger partial charge on any atom is -0.497 e. The zero-order chi connectivity index (χ0) is 22.8. The Morgan fingerprint density at radius 2 is 2.00 bits per heavy atom. The first-order valence-electron chi connectivity index (χ1n) is 11.4. The SMILES string of the molecule is COc1ccc2[nH]c(=O)c(C(c3nnnn3Cc3ccccc3)N3CCCCC3C)cc2c1. The fourth-order valence-corrected chi connectivity index (χ4v) is 4.78. The fourth-order valence-electron chi connectivity index (χ4n) is 4.78. The molecule has 33 heavy (non-hydrogen) atoms. The lowest BCUT2D eigenvalue weighted by atomic mass is 9.96. The Morgan fingerprint density at radius 3 is 2.79 bits per heavy atom. The topological polar surface area (TPSA) is 88.9 Å². The molecule has 0 amide bonds. The van der Waals surface area contributed by atoms with Gasteiger partial charge in [0.25, 0.3) is 5.56 Å². The number of likely N-dealkylation sites (tertiary alicyclic amines) is 1. The molecule has 1 aliphatic heterocycles. The normalized spacial score (nSPS) is 17.8. The van der Waals surface area contributed by atoms with E-state index in [-0.39, 0.29) is 11.6 Å². The van der Waals surface area contributed by atoms with Gasteiger partial charge in [-0.2, -0.15) is 0 Å². The molecule has 2 unspecified atom stereocenters. The number of rotatable bonds is 6. The summed E-state index contributed by atoms with van der Waals surface area (Å²) in [5, 5.41) is 13.7. The zero-order valence-electron chi connectivity index (χ0n) is 18.9. The zero-order valence-corrected chi connectivity index (χ0v) is 18.9. The van der Waals surface area contributed by atoms with E-state index in [9.17, 15) is 4.79 Å². The summed E-state index contributed by atoms with van der Waals surface area (Å²) in [6, 6.07) is 17.7. The van der Waals surface area contributed by atoms with E-state index in [4.69, 9.17) is 4.74 Å². The number of H-pyrrole nitrogens is 1. The third kappa shape index (κ3) is 4.26. The summed E-state index contributed by atoms with van der Waals surface area (Å²) < 4.78 is 7.22. The Hall–Kier alpha value is -3.52. The molecule has 1 fully saturated rings. The lowest BCUT2D eigenvalue weighted by Gasteiger charge is -2.38. The second kappa shape index (κ2) is 9.15. The monoisotopic (exact) mass is 444 g/mol. The van der Waals surface area contributed by atoms with Crippen molar-refractivity contribution in [3.63, 3.8) is 0 Å². The number of piperidine rings is 1. The molecule has 2 aromatic carbocycles. The number of methoxy groups -OCH3 is 1. The maximum absolute atomic E-state index is 13.4. The van der Waals surface area contributed by atoms with Crippen LogP contribution in [-0.2, 0) is 6.54 Å². The number of hydrogen-bond donors (Lipinski definition) is 1. The maximum atomic E-state index is 13.4. The first-order valence-corrected chi connectivity index (χ1v) is 11.4. The van der Waals surface area contributed by atoms with Gasteiger partial charge in [-0.1, -0.05) is 36.8 Å². The number of tetrazole rings is 1. The number of aromatic amines is 1. The van der Waals surface area contributed by atoms with E-state index in [1.165, 1.54) is 6.42 Å². The molecular weight excluding hydrogens is 416 g/mol. The van der Waals surface area contributed by atoms with Gasteiger partial charge in [-0.15, -0.1) is 5.10 Å². The van der Waals surface area contributed by atoms with Gasteiger partial charge in [-0.25, -0.2) is 4.68 Å². The van der Waals surface area contributed by atoms with Crippen molar-refractivity contribution >= 4 is 10.9 Å². The standard InChI is InChI=1S/C25H28N6O2/c1-17-8-6-7-13-30(17)23(24-27-28-29-31(24)16-18-9-4-3-5-10-18)21-15-19-14-20(33-2)11-12-22(19)26-25(21)32/h3-5,9-12,14-15,17,23H,6-8,13,16H2,1-2H3,(H,26,32). The molecule has 8 nitrogen and oxygen atoms in total. The summed E-state index contributed by atoms with van der Waals surface area (Å²) in [5.41, 5.74) is 2.41. The number of hydrogen-bond acceptors (Lipinski definition) is 6. The molecule has 3 heterocycles. The second-order valence-corrected chi connectivity index (χ2v) is 8.67. The molecule has 0 aliphatic carbocycles. The first kappa shape index (κ1) is 21.3. The van der Waals surface area contributed by atoms with E-state index in [0.717, 1.165) is 41.6 Å². The highest BCUT2D eigenvalue weighted by Gasteiger charge is 2.34. The molecule has 1 aliphatic rings. The van der Waals surface area contributed by atoms with Gasteiger partial charge in [0, 0.05) is 22.5 Å². The summed E-state index contributed by atoms with van der Waals surface area (Å²) in [7, 11) is 1.64. The van der Waals surface area contributed by atoms with Crippen molar-refractivity contribution in [2.24, 2.45) is 0 Å². The van der Waals surface area contributed by atoms with Crippen LogP contribution in [0.5, 0.6) is 5.75 Å². The molecule has 0 radical (unpaired) electrons. The Kier molecular flexibility index (Phi) is 5.92. The van der Waals surface area contributed by atoms with Crippen LogP contribution in [0.25, 0.3) is 10.9 Å². The van der Waals surface area contributed by atoms with Crippen LogP contribution < -0.4 is 10.3 Å². The van der Waals surface area contributed by atoms with Crippen LogP contribution in [0.2, 0.25) is 0 Å². The van der Waals surface area contributed by atoms with Gasteiger partial charge in [0.15, 0.2) is 5.82 Å². The second-order valence-electron chi connectivity index (χ2n) is 8.67. The van der Waals surface area contributed by atoms with E-state index < -0.39 is 0 Å². The summed E-state index contributed by atoms with van der Waals surface area (Å²) in [6.45, 7) is 3.65. The lowest BCUT2D eigenvalue weighted by molar-refractivity contribution is 0.117. The third-order valence-electron chi connectivity index (χ3n) is 6.54. The maximum Gasteiger partial charge on any atom is 0.253 e. The Labute approximate surface area is 192 Å². The van der Waals surface area contributed by atoms with Crippen molar-refractivity contribution in [2.75, 3.05) is 13.7 Å². The van der Waals surface area contributed by atoms with Gasteiger partial charge in [-0.05, 0) is 66.6 Å². The molecule has 4 aromatic rings. The average Bonchev–Trinajstić information content (AvgIpc) is 3.28. The van der Waals surface area contributed by atoms with E-state index in [2.05, 4.69) is 44.5 Å². The summed E-state index contributed by atoms with van der Waals surface area (Å²) in [6.07, 6.45) is 3.35. The van der Waals surface area contributed by atoms with Crippen molar-refractivity contribution in [1.82, 2.24) is 30.1 Å². The quantitative estimate of drug-likeness (QED) is 0.489. The highest BCUT2D eigenvalue weighted by Crippen LogP contribution is 2.33. The minimum absolute atomic E-state index is 0.121. The van der Waals surface area contributed by atoms with Crippen LogP contribution in [0.3, 0.4) is 0 Å². The van der Waals surface area contributed by atoms with Crippen molar-refractivity contribution in [1.29, 1.82) is 0 Å². The van der Waals surface area contributed by atoms with Gasteiger partial charge >= 0.3 is 0 Å². The molecule has 2 atom stereocenters. The van der Waals surface area contributed by atoms with Gasteiger partial charge < -0.3 is 9.72 Å². The molecule has 1 saturated heterocycles. The summed E-state index contributed by atoms with van der Waals surface area (Å²) in [5.74, 6) is 1.43. The van der Waals surface area contributed by atoms with E-state index in [1.54, 1.807) is 7.11 Å². The minimum atomic E-state index is -0.349. The highest BCUT2D eigenvalue weighted by molar-refractivity contribution is 5.80. The fraction of sp³-hybridized carbons (Fsp3) is 0.360. The van der Waals surface area contributed by atoms with Crippen LogP contribution >= 0.6 is 0 Å². The molecule has 5 rings (SSSR count). The summed E-state index contributed by atoms with van der Waals surface area (Å²) >= 11 is 0. The smallest absolute Gasteiger partial charge is 0.253 e. The van der Waals surface area contributed by atoms with Crippen LogP contribution in [0.15, 0.2) is 59.4 Å². The first-order chi connectivity index (χ1) is 16.1. The van der Waals surface area contributed by atoms with Crippen LogP contribution in [0.4, 0.5) is 0 Å². The lowest BCUT2D eigenvalue weighted by Crippen LogP contribution is -2.43. The van der Waals surface area contributed by atoms with Crippen LogP contribution in [0.1, 0.15) is 49.2 Å². The number of aromatic nitrogens is 5. The highest BCUT2D eigenvalue weighted by atomic mass is 16.5. The van der Waals surface area contributed by atoms with Crippen LogP contribution in [0, 0.1) is 0 Å². The predicted octanol–water partition coefficient (Wildman–Crippen LogP) is 3.54. The number of fused-ring (bicyclic) bond motifs is 1. The number of benzene rings is 2. The van der Waals surface area contributed by atoms with E-state index in [0.29, 0.717) is 24.0 Å². The summed E-state index contributed by atoms with van der Waals surface area (Å²) in [4.78, 5) is 18.8. The Bertz CT molecular complexity index is 1300. The van der Waals surface area contributed by atoms with Gasteiger partial charge in [-0.3, -0.25) is 9.69 Å². The molecule has 8 heteroatoms. The van der Waals surface area contributed by atoms with Gasteiger partial charge in [0.1, 0.15) is 11.8 Å². The van der Waals surface area contributed by atoms with Crippen molar-refractivity contribution < 1.29 is 4.74 Å². The van der Waals surface area contributed by atoms with E-state index >= 15 is 0 Å². The number of ether oxygens (including phenoxy) is 1. The molecule has 0 spiro atoms. The number of pyridine rings is 1. The Morgan fingerprint density at radius 1 is 1.15 bits per heavy atom. The third-order valence-corrected chi connectivity index (χ3v) is 6.54. The van der Waals surface area contributed by atoms with Gasteiger partial charge in [0.2, 0.25) is 0 Å². The van der Waals surface area contributed by atoms with Crippen LogP contribution in [-0.4, -0.2) is 49.8 Å². The average molecular weight is 445 g/mol. The number of nitrogens with one attached hydrogen (secondary N) is 1. The van der Waals surface area contributed by atoms with Crippen molar-refractivity contribution in [3.8, 4) is 5.75 Å². The molecule has 1 N–H and O–H groups in total. The predicted molar refractivity (Wildman–Crippen MR) is 126 cm³/mol.